The first-order valence-electron chi connectivity index (χ1n) is 6.78. The average molecular weight is 337 g/mol. The third kappa shape index (κ3) is 5.01. The van der Waals surface area contributed by atoms with E-state index in [1.165, 1.54) is 12.3 Å². The Morgan fingerprint density at radius 1 is 1.48 bits per heavy atom. The number of amides is 1. The molecule has 0 saturated carbocycles. The van der Waals surface area contributed by atoms with E-state index in [9.17, 15) is 13.2 Å². The Kier molecular flexibility index (Phi) is 6.70. The number of rotatable bonds is 8. The van der Waals surface area contributed by atoms with Gasteiger partial charge in [0.25, 0.3) is 15.0 Å². The van der Waals surface area contributed by atoms with Gasteiger partial charge < -0.3 is 14.6 Å². The van der Waals surface area contributed by atoms with Crippen LogP contribution in [0.2, 0.25) is 0 Å². The van der Waals surface area contributed by atoms with Crippen molar-refractivity contribution in [3.8, 4) is 0 Å². The van der Waals surface area contributed by atoms with Gasteiger partial charge in [-0.2, -0.15) is 0 Å². The Balaban J connectivity index is 3.04. The number of hydrogen-bond acceptors (Lipinski definition) is 4. The van der Waals surface area contributed by atoms with Crippen LogP contribution in [-0.4, -0.2) is 38.7 Å². The fraction of sp³-hybridized carbons (Fsp3) is 0.615. The maximum absolute atomic E-state index is 12.3. The van der Waals surface area contributed by atoms with E-state index in [2.05, 4.69) is 5.32 Å². The molecule has 1 aromatic heterocycles. The van der Waals surface area contributed by atoms with Gasteiger partial charge in [0.15, 0.2) is 0 Å². The first-order valence-corrected chi connectivity index (χ1v) is 9.09. The van der Waals surface area contributed by atoms with E-state index in [0.717, 1.165) is 6.42 Å². The topological polar surface area (TPSA) is 77.4 Å². The quantitative estimate of drug-likeness (QED) is 0.736. The molecule has 0 aliphatic carbocycles. The molecule has 0 aliphatic heterocycles. The van der Waals surface area contributed by atoms with Crippen molar-refractivity contribution in [3.05, 3.63) is 18.0 Å². The lowest BCUT2D eigenvalue weighted by Crippen LogP contribution is -2.38. The van der Waals surface area contributed by atoms with Gasteiger partial charge in [-0.1, -0.05) is 13.8 Å². The number of hydrogen-bond donors (Lipinski definition) is 1. The summed E-state index contributed by atoms with van der Waals surface area (Å²) in [5, 5.41) is 2.82. The monoisotopic (exact) mass is 336 g/mol. The van der Waals surface area contributed by atoms with E-state index in [4.69, 9.17) is 15.4 Å². The van der Waals surface area contributed by atoms with Crippen LogP contribution in [0.4, 0.5) is 0 Å². The Labute approximate surface area is 129 Å². The first kappa shape index (κ1) is 18.0. The van der Waals surface area contributed by atoms with E-state index >= 15 is 0 Å². The summed E-state index contributed by atoms with van der Waals surface area (Å²) in [5.74, 6) is -0.334. The molecule has 6 nitrogen and oxygen atoms in total. The standard InChI is InChI=1S/C13H21ClN2O4S/c1-4-6-16-8-11(21(14,18)19)7-12(16)13(17)15-10(5-2)9-20-3/h7-8,10H,4-6,9H2,1-3H3,(H,15,17). The van der Waals surface area contributed by atoms with Crippen LogP contribution >= 0.6 is 10.7 Å². The van der Waals surface area contributed by atoms with Gasteiger partial charge >= 0.3 is 0 Å². The second-order valence-electron chi connectivity index (χ2n) is 4.73. The van der Waals surface area contributed by atoms with E-state index in [0.29, 0.717) is 19.6 Å². The lowest BCUT2D eigenvalue weighted by atomic mass is 10.2. The molecule has 1 aromatic rings. The van der Waals surface area contributed by atoms with Gasteiger partial charge in [-0.15, -0.1) is 0 Å². The molecule has 0 radical (unpaired) electrons. The minimum absolute atomic E-state index is 0.0671. The maximum Gasteiger partial charge on any atom is 0.268 e. The van der Waals surface area contributed by atoms with Gasteiger partial charge in [0.05, 0.1) is 12.6 Å². The Morgan fingerprint density at radius 2 is 2.14 bits per heavy atom. The second-order valence-corrected chi connectivity index (χ2v) is 7.29. The Morgan fingerprint density at radius 3 is 2.62 bits per heavy atom. The zero-order valence-corrected chi connectivity index (χ0v) is 14.0. The third-order valence-electron chi connectivity index (χ3n) is 3.05. The van der Waals surface area contributed by atoms with Gasteiger partial charge in [0.1, 0.15) is 10.6 Å². The Hall–Kier alpha value is -1.05. The molecule has 1 rings (SSSR count). The predicted molar refractivity (Wildman–Crippen MR) is 81.2 cm³/mol. The number of aromatic nitrogens is 1. The van der Waals surface area contributed by atoms with Crippen LogP contribution in [0.5, 0.6) is 0 Å². The third-order valence-corrected chi connectivity index (χ3v) is 4.37. The number of carbonyl (C=O) groups is 1. The van der Waals surface area contributed by atoms with Crippen molar-refractivity contribution >= 4 is 25.6 Å². The molecule has 120 valence electrons. The summed E-state index contributed by atoms with van der Waals surface area (Å²) in [5.41, 5.74) is 0.283. The highest BCUT2D eigenvalue weighted by Gasteiger charge is 2.21. The van der Waals surface area contributed by atoms with Gasteiger partial charge in [0, 0.05) is 30.5 Å². The van der Waals surface area contributed by atoms with Gasteiger partial charge in [-0.3, -0.25) is 4.79 Å². The molecule has 1 atom stereocenters. The molecule has 8 heteroatoms. The number of ether oxygens (including phenoxy) is 1. The summed E-state index contributed by atoms with van der Waals surface area (Å²) in [6.07, 6.45) is 2.87. The van der Waals surface area contributed by atoms with Crippen LogP contribution in [0.15, 0.2) is 17.2 Å². The zero-order chi connectivity index (χ0) is 16.0. The number of nitrogens with zero attached hydrogens (tertiary/aromatic N) is 1. The summed E-state index contributed by atoms with van der Waals surface area (Å²) < 4.78 is 29.4. The fourth-order valence-corrected chi connectivity index (χ4v) is 2.71. The lowest BCUT2D eigenvalue weighted by molar-refractivity contribution is 0.0885. The molecular formula is C13H21ClN2O4S. The number of carbonyl (C=O) groups excluding carboxylic acids is 1. The van der Waals surface area contributed by atoms with Crippen molar-refractivity contribution in [1.29, 1.82) is 0 Å². The average Bonchev–Trinajstić information content (AvgIpc) is 2.82. The number of methoxy groups -OCH3 is 1. The molecule has 1 heterocycles. The molecule has 0 aliphatic rings. The van der Waals surface area contributed by atoms with Crippen molar-refractivity contribution in [1.82, 2.24) is 9.88 Å². The number of halogens is 1. The first-order chi connectivity index (χ1) is 9.83. The molecule has 0 saturated heterocycles. The SMILES string of the molecule is CCCn1cc(S(=O)(=O)Cl)cc1C(=O)NC(CC)COC. The summed E-state index contributed by atoms with van der Waals surface area (Å²) in [7, 11) is 3.05. The van der Waals surface area contributed by atoms with E-state index in [-0.39, 0.29) is 22.5 Å². The van der Waals surface area contributed by atoms with Crippen LogP contribution in [0, 0.1) is 0 Å². The minimum Gasteiger partial charge on any atom is -0.383 e. The molecule has 0 spiro atoms. The van der Waals surface area contributed by atoms with Crippen molar-refractivity contribution in [2.75, 3.05) is 13.7 Å². The molecule has 1 unspecified atom stereocenters. The molecular weight excluding hydrogens is 316 g/mol. The van der Waals surface area contributed by atoms with Crippen LogP contribution in [-0.2, 0) is 20.3 Å². The van der Waals surface area contributed by atoms with Crippen LogP contribution < -0.4 is 5.32 Å². The highest BCUT2D eigenvalue weighted by atomic mass is 35.7. The van der Waals surface area contributed by atoms with Crippen LogP contribution in [0.3, 0.4) is 0 Å². The van der Waals surface area contributed by atoms with Gasteiger partial charge in [-0.25, -0.2) is 8.42 Å². The summed E-state index contributed by atoms with van der Waals surface area (Å²) >= 11 is 0. The number of aryl methyl sites for hydroxylation is 1. The fourth-order valence-electron chi connectivity index (χ4n) is 1.96. The van der Waals surface area contributed by atoms with Gasteiger partial charge in [-0.05, 0) is 18.9 Å². The normalized spacial score (nSPS) is 13.1. The van der Waals surface area contributed by atoms with Crippen molar-refractivity contribution in [2.24, 2.45) is 0 Å². The lowest BCUT2D eigenvalue weighted by Gasteiger charge is -2.16. The highest BCUT2D eigenvalue weighted by Crippen LogP contribution is 2.19. The number of nitrogens with one attached hydrogen (secondary N) is 1. The maximum atomic E-state index is 12.3. The van der Waals surface area contributed by atoms with Crippen LogP contribution in [0.25, 0.3) is 0 Å². The highest BCUT2D eigenvalue weighted by molar-refractivity contribution is 8.13. The van der Waals surface area contributed by atoms with Crippen molar-refractivity contribution in [2.45, 2.75) is 44.2 Å². The zero-order valence-electron chi connectivity index (χ0n) is 12.4. The van der Waals surface area contributed by atoms with E-state index in [1.54, 1.807) is 11.7 Å². The predicted octanol–water partition coefficient (Wildman–Crippen LogP) is 1.98. The molecule has 0 fully saturated rings. The van der Waals surface area contributed by atoms with Crippen molar-refractivity contribution < 1.29 is 17.9 Å². The van der Waals surface area contributed by atoms with Crippen molar-refractivity contribution in [3.63, 3.8) is 0 Å². The van der Waals surface area contributed by atoms with Crippen LogP contribution in [0.1, 0.15) is 37.2 Å². The molecule has 1 N–H and O–H groups in total. The smallest absolute Gasteiger partial charge is 0.268 e. The van der Waals surface area contributed by atoms with Gasteiger partial charge in [0.2, 0.25) is 0 Å². The molecule has 1 amide bonds. The largest absolute Gasteiger partial charge is 0.383 e. The van der Waals surface area contributed by atoms with E-state index < -0.39 is 9.05 Å². The molecule has 0 aromatic carbocycles. The Bertz CT molecular complexity index is 583. The second kappa shape index (κ2) is 7.82. The minimum atomic E-state index is -3.85. The molecule has 0 bridgehead atoms. The van der Waals surface area contributed by atoms with E-state index in [1.807, 2.05) is 13.8 Å². The summed E-state index contributed by atoms with van der Waals surface area (Å²) in [6.45, 7) is 4.81. The summed E-state index contributed by atoms with van der Waals surface area (Å²) in [4.78, 5) is 12.2. The molecule has 21 heavy (non-hydrogen) atoms. The summed E-state index contributed by atoms with van der Waals surface area (Å²) in [6, 6.07) is 1.18.